The average molecular weight is 277 g/mol. The summed E-state index contributed by atoms with van der Waals surface area (Å²) in [5.74, 6) is 0.113. The molecule has 1 aliphatic rings. The predicted octanol–water partition coefficient (Wildman–Crippen LogP) is 1.26. The molecule has 1 aromatic carbocycles. The second kappa shape index (κ2) is 6.72. The number of aliphatic hydroxyl groups is 1. The van der Waals surface area contributed by atoms with Gasteiger partial charge < -0.3 is 20.5 Å². The van der Waals surface area contributed by atoms with Gasteiger partial charge in [0.15, 0.2) is 0 Å². The number of amidine groups is 1. The Labute approximate surface area is 119 Å². The zero-order valence-corrected chi connectivity index (χ0v) is 11.9. The van der Waals surface area contributed by atoms with Crippen molar-refractivity contribution >= 4 is 11.5 Å². The Morgan fingerprint density at radius 2 is 2.15 bits per heavy atom. The fraction of sp³-hybridized carbons (Fsp3) is 0.533. The van der Waals surface area contributed by atoms with E-state index in [1.165, 1.54) is 0 Å². The molecule has 0 aliphatic carbocycles. The number of nitrogens with two attached hydrogens (primary N) is 1. The van der Waals surface area contributed by atoms with Gasteiger partial charge in [0, 0.05) is 24.3 Å². The summed E-state index contributed by atoms with van der Waals surface area (Å²) >= 11 is 0. The van der Waals surface area contributed by atoms with E-state index >= 15 is 0 Å². The maximum Gasteiger partial charge on any atom is 0.124 e. The summed E-state index contributed by atoms with van der Waals surface area (Å²) in [6, 6.07) is 6.06. The first-order chi connectivity index (χ1) is 9.61. The molecule has 1 aliphatic heterocycles. The van der Waals surface area contributed by atoms with Crippen molar-refractivity contribution in [1.82, 2.24) is 0 Å². The molecule has 1 saturated heterocycles. The maximum absolute atomic E-state index is 8.78. The Kier molecular flexibility index (Phi) is 4.98. The molecule has 0 aromatic heterocycles. The molecule has 2 rings (SSSR count). The van der Waals surface area contributed by atoms with Crippen LogP contribution in [0, 0.1) is 12.3 Å². The SMILES string of the molecule is Cc1ccc(N2CCC(OCCO)CC2)c(C(=N)N)c1. The molecule has 4 N–H and O–H groups in total. The number of nitrogens with one attached hydrogen (secondary N) is 1. The molecule has 110 valence electrons. The number of anilines is 1. The maximum atomic E-state index is 8.78. The normalized spacial score (nSPS) is 16.4. The molecule has 0 unspecified atom stereocenters. The molecule has 0 amide bonds. The van der Waals surface area contributed by atoms with Crippen molar-refractivity contribution < 1.29 is 9.84 Å². The van der Waals surface area contributed by atoms with Gasteiger partial charge in [-0.15, -0.1) is 0 Å². The van der Waals surface area contributed by atoms with Crippen molar-refractivity contribution in [2.24, 2.45) is 5.73 Å². The van der Waals surface area contributed by atoms with Crippen molar-refractivity contribution in [2.45, 2.75) is 25.9 Å². The van der Waals surface area contributed by atoms with Gasteiger partial charge in [0.2, 0.25) is 0 Å². The minimum Gasteiger partial charge on any atom is -0.394 e. The summed E-state index contributed by atoms with van der Waals surface area (Å²) < 4.78 is 5.57. The molecule has 20 heavy (non-hydrogen) atoms. The fourth-order valence-corrected chi connectivity index (χ4v) is 2.62. The molecule has 0 spiro atoms. The first kappa shape index (κ1) is 14.8. The van der Waals surface area contributed by atoms with Gasteiger partial charge in [-0.2, -0.15) is 0 Å². The molecule has 0 radical (unpaired) electrons. The van der Waals surface area contributed by atoms with E-state index < -0.39 is 0 Å². The lowest BCUT2D eigenvalue weighted by atomic mass is 10.0. The Morgan fingerprint density at radius 3 is 2.75 bits per heavy atom. The Hall–Kier alpha value is -1.59. The largest absolute Gasteiger partial charge is 0.394 e. The Morgan fingerprint density at radius 1 is 1.45 bits per heavy atom. The number of benzene rings is 1. The van der Waals surface area contributed by atoms with Gasteiger partial charge in [0.05, 0.1) is 19.3 Å². The highest BCUT2D eigenvalue weighted by Gasteiger charge is 2.22. The molecule has 1 aromatic rings. The van der Waals surface area contributed by atoms with Gasteiger partial charge in [-0.25, -0.2) is 0 Å². The molecule has 0 saturated carbocycles. The first-order valence-corrected chi connectivity index (χ1v) is 7.04. The highest BCUT2D eigenvalue weighted by Crippen LogP contribution is 2.25. The van der Waals surface area contributed by atoms with Gasteiger partial charge in [-0.05, 0) is 31.9 Å². The summed E-state index contributed by atoms with van der Waals surface area (Å²) in [6.45, 7) is 4.27. The monoisotopic (exact) mass is 277 g/mol. The van der Waals surface area contributed by atoms with Crippen LogP contribution in [0.1, 0.15) is 24.0 Å². The number of nitrogen functional groups attached to an aromatic ring is 1. The third kappa shape index (κ3) is 3.49. The van der Waals surface area contributed by atoms with Crippen molar-refractivity contribution in [3.8, 4) is 0 Å². The summed E-state index contributed by atoms with van der Waals surface area (Å²) in [4.78, 5) is 2.26. The minimum atomic E-state index is 0.0761. The van der Waals surface area contributed by atoms with Crippen LogP contribution in [-0.2, 0) is 4.74 Å². The molecule has 0 bridgehead atoms. The van der Waals surface area contributed by atoms with E-state index in [2.05, 4.69) is 11.0 Å². The quantitative estimate of drug-likeness (QED) is 0.559. The lowest BCUT2D eigenvalue weighted by Crippen LogP contribution is -2.38. The fourth-order valence-electron chi connectivity index (χ4n) is 2.62. The summed E-state index contributed by atoms with van der Waals surface area (Å²) in [6.07, 6.45) is 2.10. The van der Waals surface area contributed by atoms with E-state index in [-0.39, 0.29) is 18.5 Å². The number of piperidine rings is 1. The van der Waals surface area contributed by atoms with Gasteiger partial charge in [0.25, 0.3) is 0 Å². The number of aliphatic hydroxyl groups excluding tert-OH is 1. The number of ether oxygens (including phenoxy) is 1. The van der Waals surface area contributed by atoms with Crippen LogP contribution in [0.3, 0.4) is 0 Å². The molecule has 5 heteroatoms. The molecular formula is C15H23N3O2. The Bertz CT molecular complexity index is 468. The molecule has 5 nitrogen and oxygen atoms in total. The van der Waals surface area contributed by atoms with Crippen molar-refractivity contribution in [3.05, 3.63) is 29.3 Å². The molecule has 0 atom stereocenters. The standard InChI is InChI=1S/C15H23N3O2/c1-11-2-3-14(13(10-11)15(16)17)18-6-4-12(5-7-18)20-9-8-19/h2-3,10,12,19H,4-9H2,1H3,(H3,16,17). The second-order valence-corrected chi connectivity index (χ2v) is 5.22. The Balaban J connectivity index is 2.05. The number of aryl methyl sites for hydroxylation is 1. The van der Waals surface area contributed by atoms with Gasteiger partial charge in [0.1, 0.15) is 5.84 Å². The average Bonchev–Trinajstić information content (AvgIpc) is 2.45. The summed E-state index contributed by atoms with van der Waals surface area (Å²) in [5, 5.41) is 16.5. The summed E-state index contributed by atoms with van der Waals surface area (Å²) in [5.41, 5.74) is 8.64. The zero-order chi connectivity index (χ0) is 14.5. The zero-order valence-electron chi connectivity index (χ0n) is 11.9. The van der Waals surface area contributed by atoms with E-state index in [0.29, 0.717) is 6.61 Å². The van der Waals surface area contributed by atoms with Crippen LogP contribution in [0.2, 0.25) is 0 Å². The minimum absolute atomic E-state index is 0.0761. The van der Waals surface area contributed by atoms with Crippen molar-refractivity contribution in [3.63, 3.8) is 0 Å². The third-order valence-electron chi connectivity index (χ3n) is 3.67. The van der Waals surface area contributed by atoms with E-state index in [0.717, 1.165) is 42.7 Å². The van der Waals surface area contributed by atoms with Crippen LogP contribution in [-0.4, -0.2) is 43.3 Å². The number of rotatable bonds is 5. The first-order valence-electron chi connectivity index (χ1n) is 7.04. The van der Waals surface area contributed by atoms with Gasteiger partial charge in [-0.3, -0.25) is 5.41 Å². The van der Waals surface area contributed by atoms with Crippen LogP contribution in [0.15, 0.2) is 18.2 Å². The molecule has 1 heterocycles. The van der Waals surface area contributed by atoms with Gasteiger partial charge in [-0.1, -0.05) is 11.6 Å². The second-order valence-electron chi connectivity index (χ2n) is 5.22. The molecular weight excluding hydrogens is 254 g/mol. The topological polar surface area (TPSA) is 82.6 Å². The predicted molar refractivity (Wildman–Crippen MR) is 80.5 cm³/mol. The highest BCUT2D eigenvalue weighted by atomic mass is 16.5. The van der Waals surface area contributed by atoms with E-state index in [9.17, 15) is 0 Å². The van der Waals surface area contributed by atoms with Crippen LogP contribution in [0.5, 0.6) is 0 Å². The van der Waals surface area contributed by atoms with E-state index in [1.54, 1.807) is 0 Å². The lowest BCUT2D eigenvalue weighted by molar-refractivity contribution is 0.0159. The third-order valence-corrected chi connectivity index (χ3v) is 3.67. The smallest absolute Gasteiger partial charge is 0.124 e. The number of hydrogen-bond donors (Lipinski definition) is 3. The van der Waals surface area contributed by atoms with Crippen LogP contribution >= 0.6 is 0 Å². The van der Waals surface area contributed by atoms with Crippen LogP contribution in [0.25, 0.3) is 0 Å². The van der Waals surface area contributed by atoms with Crippen LogP contribution in [0.4, 0.5) is 5.69 Å². The highest BCUT2D eigenvalue weighted by molar-refractivity contribution is 6.00. The number of nitrogens with zero attached hydrogens (tertiary/aromatic N) is 1. The molecule has 1 fully saturated rings. The lowest BCUT2D eigenvalue weighted by Gasteiger charge is -2.34. The van der Waals surface area contributed by atoms with E-state index in [1.807, 2.05) is 19.1 Å². The summed E-state index contributed by atoms with van der Waals surface area (Å²) in [7, 11) is 0. The van der Waals surface area contributed by atoms with Crippen molar-refractivity contribution in [2.75, 3.05) is 31.2 Å². The van der Waals surface area contributed by atoms with Crippen LogP contribution < -0.4 is 10.6 Å². The number of hydrogen-bond acceptors (Lipinski definition) is 4. The van der Waals surface area contributed by atoms with E-state index in [4.69, 9.17) is 21.0 Å². The van der Waals surface area contributed by atoms with Crippen molar-refractivity contribution in [1.29, 1.82) is 5.41 Å². The van der Waals surface area contributed by atoms with Gasteiger partial charge >= 0.3 is 0 Å².